The summed E-state index contributed by atoms with van der Waals surface area (Å²) >= 11 is 3.35. The molecule has 0 amide bonds. The van der Waals surface area contributed by atoms with Gasteiger partial charge in [0.15, 0.2) is 6.04 Å². The van der Waals surface area contributed by atoms with Crippen LogP contribution < -0.4 is 5.48 Å². The quantitative estimate of drug-likeness (QED) is 0.848. The van der Waals surface area contributed by atoms with E-state index < -0.39 is 12.0 Å². The number of hydrogen-bond donors (Lipinski definition) is 1. The number of nitrogens with one attached hydrogen (secondary N) is 1. The summed E-state index contributed by atoms with van der Waals surface area (Å²) in [5, 5.41) is 8.00. The molecule has 0 aromatic heterocycles. The number of carbonyl (C=O) groups excluding carboxylic acids is 1. The van der Waals surface area contributed by atoms with Crippen molar-refractivity contribution in [1.29, 1.82) is 0 Å². The van der Waals surface area contributed by atoms with Crippen molar-refractivity contribution in [2.75, 3.05) is 0 Å². The van der Waals surface area contributed by atoms with Crippen LogP contribution in [0.1, 0.15) is 6.92 Å². The van der Waals surface area contributed by atoms with Gasteiger partial charge < -0.3 is 4.84 Å². The Kier molecular flexibility index (Phi) is 3.31. The lowest BCUT2D eigenvalue weighted by molar-refractivity contribution is -0.143. The van der Waals surface area contributed by atoms with Crippen LogP contribution in [0.5, 0.6) is 0 Å². The van der Waals surface area contributed by atoms with E-state index in [0.29, 0.717) is 5.69 Å². The lowest BCUT2D eigenvalue weighted by Gasteiger charge is -2.02. The summed E-state index contributed by atoms with van der Waals surface area (Å²) < 4.78 is 0.839. The Morgan fingerprint density at radius 1 is 1.44 bits per heavy atom. The smallest absolute Gasteiger partial charge is 0.353 e. The maximum atomic E-state index is 11.2. The van der Waals surface area contributed by atoms with E-state index >= 15 is 0 Å². The van der Waals surface area contributed by atoms with Crippen LogP contribution in [0.2, 0.25) is 0 Å². The Morgan fingerprint density at radius 2 is 2.19 bits per heavy atom. The summed E-state index contributed by atoms with van der Waals surface area (Å²) in [7, 11) is 0. The molecule has 1 aliphatic rings. The van der Waals surface area contributed by atoms with Crippen molar-refractivity contribution in [3.05, 3.63) is 28.7 Å². The molecular formula is C10H10BrN3O2. The van der Waals surface area contributed by atoms with Gasteiger partial charge in [0, 0.05) is 4.47 Å². The van der Waals surface area contributed by atoms with Gasteiger partial charge in [-0.15, -0.1) is 5.48 Å². The summed E-state index contributed by atoms with van der Waals surface area (Å²) in [5.41, 5.74) is 3.24. The van der Waals surface area contributed by atoms with Gasteiger partial charge in [0.1, 0.15) is 0 Å². The van der Waals surface area contributed by atoms with Gasteiger partial charge in [-0.25, -0.2) is 4.79 Å². The second-order valence-electron chi connectivity index (χ2n) is 3.44. The van der Waals surface area contributed by atoms with Gasteiger partial charge in [-0.1, -0.05) is 12.1 Å². The molecule has 1 aliphatic heterocycles. The SMILES string of the molecule is C[C@H]1NOC(=O)[C@H]1N=Nc1ccccc1Br. The predicted octanol–water partition coefficient (Wildman–Crippen LogP) is 2.35. The second kappa shape index (κ2) is 4.71. The zero-order valence-corrected chi connectivity index (χ0v) is 10.1. The molecule has 1 N–H and O–H groups in total. The monoisotopic (exact) mass is 283 g/mol. The van der Waals surface area contributed by atoms with Crippen LogP contribution in [-0.4, -0.2) is 18.1 Å². The Morgan fingerprint density at radius 3 is 2.81 bits per heavy atom. The molecule has 2 atom stereocenters. The lowest BCUT2D eigenvalue weighted by Crippen LogP contribution is -2.26. The standard InChI is InChI=1S/C10H10BrN3O2/c1-6-9(10(15)16-14-6)13-12-8-5-3-2-4-7(8)11/h2-6,9,14H,1H3/t6-,9+/m1/s1. The average Bonchev–Trinajstić information content (AvgIpc) is 2.58. The van der Waals surface area contributed by atoms with Crippen molar-refractivity contribution in [3.63, 3.8) is 0 Å². The summed E-state index contributed by atoms with van der Waals surface area (Å²) in [6.07, 6.45) is 0. The highest BCUT2D eigenvalue weighted by molar-refractivity contribution is 9.10. The molecule has 5 nitrogen and oxygen atoms in total. The van der Waals surface area contributed by atoms with E-state index in [1.165, 1.54) is 0 Å². The largest absolute Gasteiger partial charge is 0.368 e. The fraction of sp³-hybridized carbons (Fsp3) is 0.300. The van der Waals surface area contributed by atoms with Gasteiger partial charge in [0.05, 0.1) is 11.7 Å². The first-order valence-electron chi connectivity index (χ1n) is 4.80. The molecule has 0 saturated carbocycles. The number of azo groups is 1. The Balaban J connectivity index is 2.15. The number of benzene rings is 1. The third-order valence-corrected chi connectivity index (χ3v) is 2.87. The molecule has 2 rings (SSSR count). The molecule has 6 heteroatoms. The minimum atomic E-state index is -0.577. The normalized spacial score (nSPS) is 25.0. The molecule has 1 fully saturated rings. The third kappa shape index (κ3) is 2.28. The van der Waals surface area contributed by atoms with Crippen molar-refractivity contribution in [3.8, 4) is 0 Å². The van der Waals surface area contributed by atoms with Crippen LogP contribution in [-0.2, 0) is 9.63 Å². The summed E-state index contributed by atoms with van der Waals surface area (Å²) in [5.74, 6) is -0.400. The van der Waals surface area contributed by atoms with Crippen LogP contribution in [0, 0.1) is 0 Å². The van der Waals surface area contributed by atoms with Crippen molar-refractivity contribution < 1.29 is 9.63 Å². The number of halogens is 1. The molecule has 1 aromatic rings. The van der Waals surface area contributed by atoms with Gasteiger partial charge in [-0.3, -0.25) is 0 Å². The zero-order chi connectivity index (χ0) is 11.5. The molecule has 84 valence electrons. The molecule has 16 heavy (non-hydrogen) atoms. The predicted molar refractivity (Wildman–Crippen MR) is 61.1 cm³/mol. The highest BCUT2D eigenvalue weighted by Gasteiger charge is 2.34. The second-order valence-corrected chi connectivity index (χ2v) is 4.29. The van der Waals surface area contributed by atoms with Crippen molar-refractivity contribution >= 4 is 27.6 Å². The first-order valence-corrected chi connectivity index (χ1v) is 5.59. The minimum Gasteiger partial charge on any atom is -0.368 e. The van der Waals surface area contributed by atoms with Gasteiger partial charge in [-0.2, -0.15) is 10.2 Å². The zero-order valence-electron chi connectivity index (χ0n) is 8.55. The lowest BCUT2D eigenvalue weighted by atomic mass is 10.2. The molecule has 0 radical (unpaired) electrons. The number of nitrogens with zero attached hydrogens (tertiary/aromatic N) is 2. The molecule has 1 saturated heterocycles. The molecular weight excluding hydrogens is 274 g/mol. The molecule has 0 bridgehead atoms. The van der Waals surface area contributed by atoms with Crippen LogP contribution in [0.4, 0.5) is 5.69 Å². The number of carbonyl (C=O) groups is 1. The Bertz CT molecular complexity index is 436. The van der Waals surface area contributed by atoms with E-state index in [-0.39, 0.29) is 6.04 Å². The highest BCUT2D eigenvalue weighted by Crippen LogP contribution is 2.25. The summed E-state index contributed by atoms with van der Waals surface area (Å²) in [6, 6.07) is 6.69. The number of rotatable bonds is 2. The average molecular weight is 284 g/mol. The third-order valence-electron chi connectivity index (χ3n) is 2.20. The molecule has 0 spiro atoms. The van der Waals surface area contributed by atoms with E-state index in [2.05, 4.69) is 36.5 Å². The minimum absolute atomic E-state index is 0.154. The summed E-state index contributed by atoms with van der Waals surface area (Å²) in [6.45, 7) is 1.81. The van der Waals surface area contributed by atoms with Crippen molar-refractivity contribution in [2.24, 2.45) is 10.2 Å². The van der Waals surface area contributed by atoms with Gasteiger partial charge >= 0.3 is 5.97 Å². The van der Waals surface area contributed by atoms with Crippen molar-refractivity contribution in [1.82, 2.24) is 5.48 Å². The van der Waals surface area contributed by atoms with Crippen LogP contribution in [0.15, 0.2) is 39.0 Å². The van der Waals surface area contributed by atoms with Gasteiger partial charge in [0.25, 0.3) is 0 Å². The van der Waals surface area contributed by atoms with E-state index in [0.717, 1.165) is 4.47 Å². The van der Waals surface area contributed by atoms with Crippen LogP contribution >= 0.6 is 15.9 Å². The van der Waals surface area contributed by atoms with Gasteiger partial charge in [0.2, 0.25) is 0 Å². The highest BCUT2D eigenvalue weighted by atomic mass is 79.9. The van der Waals surface area contributed by atoms with Gasteiger partial charge in [-0.05, 0) is 35.0 Å². The first kappa shape index (κ1) is 11.2. The Labute approximate surface area is 101 Å². The molecule has 0 unspecified atom stereocenters. The van der Waals surface area contributed by atoms with E-state index in [1.807, 2.05) is 31.2 Å². The van der Waals surface area contributed by atoms with Crippen LogP contribution in [0.25, 0.3) is 0 Å². The first-order chi connectivity index (χ1) is 7.68. The molecule has 1 aromatic carbocycles. The maximum absolute atomic E-state index is 11.2. The fourth-order valence-corrected chi connectivity index (χ4v) is 1.65. The summed E-state index contributed by atoms with van der Waals surface area (Å²) in [4.78, 5) is 15.9. The Hall–Kier alpha value is -1.27. The fourth-order valence-electron chi connectivity index (χ4n) is 1.28. The van der Waals surface area contributed by atoms with E-state index in [1.54, 1.807) is 0 Å². The van der Waals surface area contributed by atoms with Crippen LogP contribution in [0.3, 0.4) is 0 Å². The molecule has 0 aliphatic carbocycles. The maximum Gasteiger partial charge on any atom is 0.353 e. The van der Waals surface area contributed by atoms with Crippen molar-refractivity contribution in [2.45, 2.75) is 19.0 Å². The number of hydrogen-bond acceptors (Lipinski definition) is 5. The molecule has 1 heterocycles. The van der Waals surface area contributed by atoms with E-state index in [4.69, 9.17) is 0 Å². The van der Waals surface area contributed by atoms with E-state index in [9.17, 15) is 4.79 Å². The topological polar surface area (TPSA) is 63.0 Å². The number of hydroxylamine groups is 1.